The van der Waals surface area contributed by atoms with Crippen LogP contribution in [0.1, 0.15) is 11.1 Å². The van der Waals surface area contributed by atoms with Crippen molar-refractivity contribution in [1.82, 2.24) is 9.97 Å². The van der Waals surface area contributed by atoms with Crippen LogP contribution in [0.3, 0.4) is 0 Å². The normalized spacial score (nSPS) is 12.8. The highest BCUT2D eigenvalue weighted by Gasteiger charge is 2.17. The van der Waals surface area contributed by atoms with Crippen LogP contribution in [0.5, 0.6) is 0 Å². The van der Waals surface area contributed by atoms with Gasteiger partial charge in [0.1, 0.15) is 0 Å². The Morgan fingerprint density at radius 3 is 2.56 bits per heavy atom. The Morgan fingerprint density at radius 2 is 1.89 bits per heavy atom. The minimum atomic E-state index is -1.64. The molecule has 1 unspecified atom stereocenters. The number of aromatic nitrogens is 2. The van der Waals surface area contributed by atoms with Crippen molar-refractivity contribution in [3.05, 3.63) is 52.9 Å². The fourth-order valence-corrected chi connectivity index (χ4v) is 2.20. The molecule has 6 heteroatoms. The molecule has 0 amide bonds. The number of hydrogen-bond donors (Lipinski definition) is 0. The molecule has 0 N–H and O–H groups in total. The van der Waals surface area contributed by atoms with E-state index < -0.39 is 11.4 Å². The average molecular weight is 280 g/mol. The van der Waals surface area contributed by atoms with Crippen LogP contribution < -0.4 is 0 Å². The molecule has 2 rings (SSSR count). The van der Waals surface area contributed by atoms with Gasteiger partial charge < -0.3 is 4.55 Å². The van der Waals surface area contributed by atoms with Crippen molar-refractivity contribution in [2.45, 2.75) is 11.9 Å². The van der Waals surface area contributed by atoms with E-state index in [9.17, 15) is 4.55 Å². The number of hydrogen-bond acceptors (Lipinski definition) is 4. The van der Waals surface area contributed by atoms with Crippen molar-refractivity contribution in [2.75, 3.05) is 0 Å². The lowest BCUT2D eigenvalue weighted by molar-refractivity contribution is 0.593. The van der Waals surface area contributed by atoms with Gasteiger partial charge in [-0.15, -0.1) is 0 Å². The van der Waals surface area contributed by atoms with Crippen LogP contribution >= 0.6 is 11.6 Å². The fraction of sp³-hybridized carbons (Fsp3) is 0.0833. The lowest BCUT2D eigenvalue weighted by Crippen LogP contribution is -2.02. The fourth-order valence-electron chi connectivity index (χ4n) is 1.24. The molecular formula is C12H10ClN3OS. The molecule has 1 aromatic carbocycles. The molecule has 0 spiro atoms. The third-order valence-corrected chi connectivity index (χ3v) is 3.48. The molecule has 18 heavy (non-hydrogen) atoms. The molecule has 0 saturated carbocycles. The molecule has 0 aliphatic carbocycles. The second kappa shape index (κ2) is 5.95. The number of benzene rings is 1. The zero-order chi connectivity index (χ0) is 13.0. The molecule has 1 aromatic heterocycles. The molecule has 92 valence electrons. The standard InChI is InChI=1S/C12H10ClN3OS/c1-9-2-4-10(5-3-9)8-16-18(17)12-11(13)14-6-7-15-12/h2-8H,1H3/b16-8-. The van der Waals surface area contributed by atoms with E-state index in [0.29, 0.717) is 0 Å². The maximum atomic E-state index is 11.8. The van der Waals surface area contributed by atoms with E-state index >= 15 is 0 Å². The highest BCUT2D eigenvalue weighted by Crippen LogP contribution is 2.17. The lowest BCUT2D eigenvalue weighted by Gasteiger charge is -2.01. The van der Waals surface area contributed by atoms with Gasteiger partial charge in [-0.05, 0) is 12.5 Å². The molecule has 0 bridgehead atoms. The van der Waals surface area contributed by atoms with Gasteiger partial charge in [-0.1, -0.05) is 45.8 Å². The Kier molecular flexibility index (Phi) is 4.30. The number of nitrogens with zero attached hydrogens (tertiary/aromatic N) is 3. The van der Waals surface area contributed by atoms with E-state index in [4.69, 9.17) is 11.6 Å². The van der Waals surface area contributed by atoms with E-state index in [0.717, 1.165) is 11.1 Å². The molecule has 0 fully saturated rings. The smallest absolute Gasteiger partial charge is 0.311 e. The van der Waals surface area contributed by atoms with Gasteiger partial charge in [-0.25, -0.2) is 9.97 Å². The zero-order valence-electron chi connectivity index (χ0n) is 9.58. The SMILES string of the molecule is Cc1ccc(/C=N\[S+]([O-])c2nccnc2Cl)cc1. The van der Waals surface area contributed by atoms with E-state index in [1.54, 1.807) is 0 Å². The van der Waals surface area contributed by atoms with E-state index in [1.807, 2.05) is 31.2 Å². The quantitative estimate of drug-likeness (QED) is 0.641. The second-order valence-electron chi connectivity index (χ2n) is 3.55. The van der Waals surface area contributed by atoms with Crippen LogP contribution in [-0.2, 0) is 11.4 Å². The minimum absolute atomic E-state index is 0.108. The van der Waals surface area contributed by atoms with Crippen molar-refractivity contribution >= 4 is 29.2 Å². The van der Waals surface area contributed by atoms with Crippen molar-refractivity contribution < 1.29 is 4.55 Å². The summed E-state index contributed by atoms with van der Waals surface area (Å²) in [5.41, 5.74) is 2.03. The summed E-state index contributed by atoms with van der Waals surface area (Å²) in [6, 6.07) is 7.71. The van der Waals surface area contributed by atoms with Crippen LogP contribution in [0, 0.1) is 6.92 Å². The largest absolute Gasteiger partial charge is 0.585 e. The molecule has 0 saturated heterocycles. The Balaban J connectivity index is 2.14. The summed E-state index contributed by atoms with van der Waals surface area (Å²) in [7, 11) is 0. The number of rotatable bonds is 3. The maximum Gasteiger partial charge on any atom is 0.311 e. The van der Waals surface area contributed by atoms with Crippen LogP contribution in [-0.4, -0.2) is 20.7 Å². The van der Waals surface area contributed by atoms with Crippen LogP contribution in [0.15, 0.2) is 46.1 Å². The third kappa shape index (κ3) is 3.29. The molecule has 4 nitrogen and oxygen atoms in total. The van der Waals surface area contributed by atoms with Gasteiger partial charge >= 0.3 is 5.03 Å². The molecular weight excluding hydrogens is 270 g/mol. The summed E-state index contributed by atoms with van der Waals surface area (Å²) in [4.78, 5) is 7.70. The van der Waals surface area contributed by atoms with Gasteiger partial charge in [0.2, 0.25) is 5.15 Å². The Hall–Kier alpha value is -1.43. The first kappa shape index (κ1) is 13.0. The first-order valence-corrected chi connectivity index (χ1v) is 6.64. The molecule has 1 heterocycles. The molecule has 1 atom stereocenters. The summed E-state index contributed by atoms with van der Waals surface area (Å²) in [6.45, 7) is 2.00. The third-order valence-electron chi connectivity index (χ3n) is 2.16. The second-order valence-corrected chi connectivity index (χ2v) is 5.00. The summed E-state index contributed by atoms with van der Waals surface area (Å²) in [6.07, 6.45) is 4.40. The van der Waals surface area contributed by atoms with Crippen LogP contribution in [0.2, 0.25) is 5.15 Å². The van der Waals surface area contributed by atoms with Crippen molar-refractivity contribution in [3.63, 3.8) is 0 Å². The van der Waals surface area contributed by atoms with E-state index in [2.05, 4.69) is 14.4 Å². The average Bonchev–Trinajstić information content (AvgIpc) is 2.38. The molecule has 2 aromatic rings. The molecule has 0 aliphatic rings. The number of halogens is 1. The highest BCUT2D eigenvalue weighted by molar-refractivity contribution is 7.90. The highest BCUT2D eigenvalue weighted by atomic mass is 35.5. The topological polar surface area (TPSA) is 61.2 Å². The van der Waals surface area contributed by atoms with Gasteiger partial charge in [0.25, 0.3) is 0 Å². The Labute approximate surface area is 113 Å². The summed E-state index contributed by atoms with van der Waals surface area (Å²) < 4.78 is 15.7. The Bertz CT molecular complexity index is 560. The van der Waals surface area contributed by atoms with Crippen LogP contribution in [0.25, 0.3) is 0 Å². The van der Waals surface area contributed by atoms with E-state index in [-0.39, 0.29) is 10.2 Å². The first-order chi connectivity index (χ1) is 8.66. The van der Waals surface area contributed by atoms with Crippen molar-refractivity contribution in [3.8, 4) is 0 Å². The van der Waals surface area contributed by atoms with Crippen molar-refractivity contribution in [2.24, 2.45) is 4.40 Å². The van der Waals surface area contributed by atoms with Crippen molar-refractivity contribution in [1.29, 1.82) is 0 Å². The summed E-state index contributed by atoms with van der Waals surface area (Å²) in [5, 5.41) is 0.277. The predicted octanol–water partition coefficient (Wildman–Crippen LogP) is 2.58. The predicted molar refractivity (Wildman–Crippen MR) is 72.2 cm³/mol. The number of aryl methyl sites for hydroxylation is 1. The van der Waals surface area contributed by atoms with Crippen LogP contribution in [0.4, 0.5) is 0 Å². The molecule has 0 radical (unpaired) electrons. The first-order valence-electron chi connectivity index (χ1n) is 5.16. The summed E-state index contributed by atoms with van der Waals surface area (Å²) in [5.74, 6) is 0. The monoisotopic (exact) mass is 279 g/mol. The lowest BCUT2D eigenvalue weighted by atomic mass is 10.2. The van der Waals surface area contributed by atoms with Gasteiger partial charge in [0.15, 0.2) is 11.4 Å². The van der Waals surface area contributed by atoms with Gasteiger partial charge in [0, 0.05) is 6.20 Å². The molecule has 0 aliphatic heterocycles. The van der Waals surface area contributed by atoms with Gasteiger partial charge in [-0.2, -0.15) is 0 Å². The summed E-state index contributed by atoms with van der Waals surface area (Å²) >= 11 is 4.14. The minimum Gasteiger partial charge on any atom is -0.585 e. The maximum absolute atomic E-state index is 11.8. The van der Waals surface area contributed by atoms with Gasteiger partial charge in [-0.3, -0.25) is 0 Å². The van der Waals surface area contributed by atoms with E-state index in [1.165, 1.54) is 18.6 Å². The Morgan fingerprint density at radius 1 is 1.22 bits per heavy atom. The van der Waals surface area contributed by atoms with Gasteiger partial charge in [0.05, 0.1) is 12.4 Å². The zero-order valence-corrected chi connectivity index (χ0v) is 11.1.